The van der Waals surface area contributed by atoms with Gasteiger partial charge in [0.05, 0.1) is 5.69 Å². The lowest BCUT2D eigenvalue weighted by Crippen LogP contribution is -2.27. The average molecular weight is 278 g/mol. The zero-order valence-electron chi connectivity index (χ0n) is 9.56. The summed E-state index contributed by atoms with van der Waals surface area (Å²) in [5.74, 6) is -0.169. The Morgan fingerprint density at radius 1 is 1.71 bits per heavy atom. The number of carbonyl (C=O) groups excluding carboxylic acids is 1. The van der Waals surface area contributed by atoms with E-state index in [9.17, 15) is 4.79 Å². The number of aryl methyl sites for hydroxylation is 1. The molecule has 2 rings (SSSR count). The van der Waals surface area contributed by atoms with Crippen LogP contribution in [0.25, 0.3) is 0 Å². The second-order valence-electron chi connectivity index (χ2n) is 3.87. The van der Waals surface area contributed by atoms with Crippen molar-refractivity contribution in [3.8, 4) is 0 Å². The fourth-order valence-electron chi connectivity index (χ4n) is 1.74. The number of fused-ring (bicyclic) bond motifs is 1. The van der Waals surface area contributed by atoms with E-state index in [2.05, 4.69) is 10.3 Å². The van der Waals surface area contributed by atoms with Gasteiger partial charge in [0.2, 0.25) is 0 Å². The van der Waals surface area contributed by atoms with E-state index >= 15 is 0 Å². The SMILES string of the molecule is COCC(=O)Nc1nc2c(s1)C[C@@H](N)CC2.Cl. The van der Waals surface area contributed by atoms with Crippen LogP contribution in [0.3, 0.4) is 0 Å². The van der Waals surface area contributed by atoms with Crippen molar-refractivity contribution in [3.63, 3.8) is 0 Å². The van der Waals surface area contributed by atoms with Gasteiger partial charge >= 0.3 is 0 Å². The molecule has 3 N–H and O–H groups in total. The highest BCUT2D eigenvalue weighted by Gasteiger charge is 2.20. The number of thiazole rings is 1. The van der Waals surface area contributed by atoms with Crippen molar-refractivity contribution < 1.29 is 9.53 Å². The summed E-state index contributed by atoms with van der Waals surface area (Å²) in [6, 6.07) is 0.232. The summed E-state index contributed by atoms with van der Waals surface area (Å²) >= 11 is 1.51. The Labute approximate surface area is 110 Å². The molecular weight excluding hydrogens is 262 g/mol. The molecule has 0 fully saturated rings. The van der Waals surface area contributed by atoms with E-state index in [1.165, 1.54) is 23.3 Å². The summed E-state index contributed by atoms with van der Waals surface area (Å²) in [5.41, 5.74) is 6.96. The number of ether oxygens (including phenoxy) is 1. The molecule has 0 bridgehead atoms. The number of nitrogens with one attached hydrogen (secondary N) is 1. The van der Waals surface area contributed by atoms with Crippen molar-refractivity contribution in [2.24, 2.45) is 5.73 Å². The second-order valence-corrected chi connectivity index (χ2v) is 4.96. The lowest BCUT2D eigenvalue weighted by Gasteiger charge is -2.15. The number of halogens is 1. The van der Waals surface area contributed by atoms with E-state index in [1.54, 1.807) is 0 Å². The molecule has 0 saturated carbocycles. The van der Waals surface area contributed by atoms with Crippen molar-refractivity contribution in [3.05, 3.63) is 10.6 Å². The van der Waals surface area contributed by atoms with Crippen LogP contribution in [-0.4, -0.2) is 30.6 Å². The highest BCUT2D eigenvalue weighted by molar-refractivity contribution is 7.15. The first kappa shape index (κ1) is 14.4. The minimum absolute atomic E-state index is 0. The van der Waals surface area contributed by atoms with Gasteiger partial charge in [0.25, 0.3) is 5.91 Å². The molecule has 1 aromatic heterocycles. The monoisotopic (exact) mass is 277 g/mol. The van der Waals surface area contributed by atoms with Gasteiger partial charge in [-0.15, -0.1) is 23.7 Å². The van der Waals surface area contributed by atoms with Crippen molar-refractivity contribution in [1.29, 1.82) is 0 Å². The van der Waals surface area contributed by atoms with Gasteiger partial charge in [0.1, 0.15) is 6.61 Å². The lowest BCUT2D eigenvalue weighted by molar-refractivity contribution is -0.119. The van der Waals surface area contributed by atoms with Crippen molar-refractivity contribution in [1.82, 2.24) is 4.98 Å². The smallest absolute Gasteiger partial charge is 0.252 e. The zero-order valence-corrected chi connectivity index (χ0v) is 11.2. The number of rotatable bonds is 3. The van der Waals surface area contributed by atoms with Crippen LogP contribution in [0, 0.1) is 0 Å². The van der Waals surface area contributed by atoms with E-state index < -0.39 is 0 Å². The van der Waals surface area contributed by atoms with Gasteiger partial charge in [0, 0.05) is 18.0 Å². The average Bonchev–Trinajstić information content (AvgIpc) is 2.59. The molecule has 17 heavy (non-hydrogen) atoms. The number of nitrogens with zero attached hydrogens (tertiary/aromatic N) is 1. The van der Waals surface area contributed by atoms with Crippen molar-refractivity contribution in [2.45, 2.75) is 25.3 Å². The Kier molecular flexibility index (Phi) is 5.32. The molecule has 1 atom stereocenters. The van der Waals surface area contributed by atoms with Gasteiger partial charge in [-0.05, 0) is 19.3 Å². The van der Waals surface area contributed by atoms with Gasteiger partial charge in [-0.1, -0.05) is 0 Å². The molecule has 0 aromatic carbocycles. The number of aromatic nitrogens is 1. The minimum atomic E-state index is -0.169. The third-order valence-electron chi connectivity index (χ3n) is 2.50. The molecule has 1 heterocycles. The molecule has 96 valence electrons. The van der Waals surface area contributed by atoms with Crippen LogP contribution in [0.15, 0.2) is 0 Å². The molecule has 1 aromatic rings. The van der Waals surface area contributed by atoms with Gasteiger partial charge in [-0.2, -0.15) is 0 Å². The predicted molar refractivity (Wildman–Crippen MR) is 69.9 cm³/mol. The summed E-state index contributed by atoms with van der Waals surface area (Å²) in [6.07, 6.45) is 2.75. The Morgan fingerprint density at radius 2 is 2.47 bits per heavy atom. The first-order valence-corrected chi connectivity index (χ1v) is 6.03. The largest absolute Gasteiger partial charge is 0.375 e. The Balaban J connectivity index is 0.00000144. The first-order chi connectivity index (χ1) is 7.69. The van der Waals surface area contributed by atoms with E-state index in [1.807, 2.05) is 0 Å². The maximum absolute atomic E-state index is 11.3. The van der Waals surface area contributed by atoms with Crippen LogP contribution in [0.2, 0.25) is 0 Å². The topological polar surface area (TPSA) is 77.2 Å². The van der Waals surface area contributed by atoms with Crippen LogP contribution >= 0.6 is 23.7 Å². The highest BCUT2D eigenvalue weighted by atomic mass is 35.5. The standard InChI is InChI=1S/C10H15N3O2S.ClH/c1-15-5-9(14)13-10-12-7-3-2-6(11)4-8(7)16-10;/h6H,2-5,11H2,1H3,(H,12,13,14);1H/t6-;/m0./s1. The maximum atomic E-state index is 11.3. The molecule has 7 heteroatoms. The van der Waals surface area contributed by atoms with Crippen molar-refractivity contribution in [2.75, 3.05) is 19.0 Å². The molecule has 0 radical (unpaired) electrons. The van der Waals surface area contributed by atoms with Crippen LogP contribution in [0.1, 0.15) is 17.0 Å². The number of amides is 1. The lowest BCUT2D eigenvalue weighted by atomic mass is 9.99. The van der Waals surface area contributed by atoms with Gasteiger partial charge in [-0.25, -0.2) is 4.98 Å². The summed E-state index contributed by atoms with van der Waals surface area (Å²) in [7, 11) is 1.49. The van der Waals surface area contributed by atoms with E-state index in [0.717, 1.165) is 25.0 Å². The second kappa shape index (κ2) is 6.30. The Hall–Kier alpha value is -0.690. The van der Waals surface area contributed by atoms with Crippen LogP contribution in [-0.2, 0) is 22.4 Å². The summed E-state index contributed by atoms with van der Waals surface area (Å²) in [5, 5.41) is 3.37. The molecule has 1 aliphatic rings. The fraction of sp³-hybridized carbons (Fsp3) is 0.600. The van der Waals surface area contributed by atoms with Crippen LogP contribution in [0.4, 0.5) is 5.13 Å². The molecule has 1 aliphatic carbocycles. The number of hydrogen-bond donors (Lipinski definition) is 2. The number of nitrogens with two attached hydrogens (primary N) is 1. The Bertz CT molecular complexity index is 397. The third kappa shape index (κ3) is 3.64. The van der Waals surface area contributed by atoms with E-state index in [4.69, 9.17) is 10.5 Å². The fourth-order valence-corrected chi connectivity index (χ4v) is 2.86. The molecule has 0 spiro atoms. The van der Waals surface area contributed by atoms with Crippen LogP contribution < -0.4 is 11.1 Å². The van der Waals surface area contributed by atoms with E-state index in [0.29, 0.717) is 5.13 Å². The molecule has 0 aliphatic heterocycles. The number of anilines is 1. The molecule has 0 unspecified atom stereocenters. The van der Waals surface area contributed by atoms with Crippen LogP contribution in [0.5, 0.6) is 0 Å². The quantitative estimate of drug-likeness (QED) is 0.863. The van der Waals surface area contributed by atoms with E-state index in [-0.39, 0.29) is 31.0 Å². The van der Waals surface area contributed by atoms with Gasteiger partial charge < -0.3 is 10.5 Å². The molecule has 1 amide bonds. The summed E-state index contributed by atoms with van der Waals surface area (Å²) < 4.78 is 4.74. The van der Waals surface area contributed by atoms with Gasteiger partial charge in [-0.3, -0.25) is 10.1 Å². The first-order valence-electron chi connectivity index (χ1n) is 5.22. The number of carbonyl (C=O) groups is 1. The highest BCUT2D eigenvalue weighted by Crippen LogP contribution is 2.29. The molecular formula is C10H16ClN3O2S. The summed E-state index contributed by atoms with van der Waals surface area (Å²) in [6.45, 7) is 0.0593. The zero-order chi connectivity index (χ0) is 11.5. The number of methoxy groups -OCH3 is 1. The minimum Gasteiger partial charge on any atom is -0.375 e. The maximum Gasteiger partial charge on any atom is 0.252 e. The normalized spacial score (nSPS) is 18.1. The van der Waals surface area contributed by atoms with Crippen molar-refractivity contribution >= 4 is 34.8 Å². The molecule has 5 nitrogen and oxygen atoms in total. The van der Waals surface area contributed by atoms with Gasteiger partial charge in [0.15, 0.2) is 5.13 Å². The Morgan fingerprint density at radius 3 is 3.18 bits per heavy atom. The third-order valence-corrected chi connectivity index (χ3v) is 3.53. The number of hydrogen-bond acceptors (Lipinski definition) is 5. The predicted octanol–water partition coefficient (Wildman–Crippen LogP) is 0.966. The summed E-state index contributed by atoms with van der Waals surface area (Å²) in [4.78, 5) is 16.9. The molecule has 0 saturated heterocycles.